The highest BCUT2D eigenvalue weighted by Gasteiger charge is 2.38. The summed E-state index contributed by atoms with van der Waals surface area (Å²) in [4.78, 5) is 12.4. The van der Waals surface area contributed by atoms with E-state index in [0.29, 0.717) is 5.92 Å². The lowest BCUT2D eigenvalue weighted by atomic mass is 9.77. The summed E-state index contributed by atoms with van der Waals surface area (Å²) in [5.74, 6) is 0.380. The molecule has 0 spiro atoms. The summed E-state index contributed by atoms with van der Waals surface area (Å²) in [6.07, 6.45) is -0.200. The highest BCUT2D eigenvalue weighted by molar-refractivity contribution is 5.93. The van der Waals surface area contributed by atoms with E-state index in [1.165, 1.54) is 0 Å². The maximum atomic E-state index is 12.4. The molecule has 2 aromatic carbocycles. The molecule has 1 aliphatic heterocycles. The Morgan fingerprint density at radius 3 is 2.43 bits per heavy atom. The molecule has 1 aliphatic rings. The summed E-state index contributed by atoms with van der Waals surface area (Å²) >= 11 is 0. The molecule has 0 saturated heterocycles. The second kappa shape index (κ2) is 5.36. The van der Waals surface area contributed by atoms with Crippen molar-refractivity contribution in [1.29, 1.82) is 0 Å². The Morgan fingerprint density at radius 2 is 1.76 bits per heavy atom. The van der Waals surface area contributed by atoms with E-state index in [1.807, 2.05) is 43.3 Å². The van der Waals surface area contributed by atoms with Gasteiger partial charge in [-0.05, 0) is 30.0 Å². The molecule has 3 rings (SSSR count). The van der Waals surface area contributed by atoms with Crippen molar-refractivity contribution in [2.75, 3.05) is 0 Å². The average molecular weight is 280 g/mol. The fourth-order valence-corrected chi connectivity index (χ4v) is 3.18. The van der Waals surface area contributed by atoms with Crippen LogP contribution in [0.1, 0.15) is 52.9 Å². The number of fused-ring (bicyclic) bond motifs is 1. The molecule has 0 aromatic heterocycles. The largest absolute Gasteiger partial charge is 0.453 e. The molecule has 0 amide bonds. The van der Waals surface area contributed by atoms with E-state index in [1.54, 1.807) is 0 Å². The monoisotopic (exact) mass is 280 g/mol. The average Bonchev–Trinajstić information content (AvgIpc) is 2.48. The normalized spacial score (nSPS) is 21.0. The minimum Gasteiger partial charge on any atom is -0.453 e. The van der Waals surface area contributed by atoms with Crippen molar-refractivity contribution in [3.63, 3.8) is 0 Å². The van der Waals surface area contributed by atoms with Gasteiger partial charge in [0, 0.05) is 5.92 Å². The van der Waals surface area contributed by atoms with Crippen LogP contribution < -0.4 is 0 Å². The number of benzene rings is 2. The lowest BCUT2D eigenvalue weighted by molar-refractivity contribution is 0.0114. The predicted octanol–water partition coefficient (Wildman–Crippen LogP) is 4.65. The number of hydrogen-bond donors (Lipinski definition) is 0. The Kier molecular flexibility index (Phi) is 3.54. The van der Waals surface area contributed by atoms with Gasteiger partial charge in [0.05, 0.1) is 5.56 Å². The number of cyclic esters (lactones) is 1. The van der Waals surface area contributed by atoms with Crippen molar-refractivity contribution < 1.29 is 9.53 Å². The SMILES string of the molecule is Cc1ccc2c(c1)C(=O)O[C@@H](c1ccccc1)[C@@H]2C(C)C. The third-order valence-electron chi connectivity index (χ3n) is 4.19. The molecule has 21 heavy (non-hydrogen) atoms. The summed E-state index contributed by atoms with van der Waals surface area (Å²) in [6.45, 7) is 6.37. The molecule has 2 aromatic rings. The van der Waals surface area contributed by atoms with Gasteiger partial charge < -0.3 is 4.74 Å². The van der Waals surface area contributed by atoms with Crippen LogP contribution in [-0.4, -0.2) is 5.97 Å². The van der Waals surface area contributed by atoms with E-state index in [0.717, 1.165) is 22.3 Å². The van der Waals surface area contributed by atoms with Gasteiger partial charge in [-0.15, -0.1) is 0 Å². The maximum absolute atomic E-state index is 12.4. The quantitative estimate of drug-likeness (QED) is 0.749. The first kappa shape index (κ1) is 13.9. The van der Waals surface area contributed by atoms with Crippen LogP contribution >= 0.6 is 0 Å². The van der Waals surface area contributed by atoms with Crippen LogP contribution in [0.2, 0.25) is 0 Å². The minimum absolute atomic E-state index is 0.195. The molecule has 0 radical (unpaired) electrons. The maximum Gasteiger partial charge on any atom is 0.339 e. The Hall–Kier alpha value is -2.09. The van der Waals surface area contributed by atoms with Gasteiger partial charge in [0.25, 0.3) is 0 Å². The second-order valence-electron chi connectivity index (χ2n) is 6.10. The van der Waals surface area contributed by atoms with E-state index >= 15 is 0 Å². The van der Waals surface area contributed by atoms with Gasteiger partial charge in [-0.2, -0.15) is 0 Å². The fourth-order valence-electron chi connectivity index (χ4n) is 3.18. The molecule has 0 aliphatic carbocycles. The number of aryl methyl sites for hydroxylation is 1. The molecule has 0 fully saturated rings. The number of carbonyl (C=O) groups excluding carboxylic acids is 1. The first-order valence-corrected chi connectivity index (χ1v) is 7.44. The van der Waals surface area contributed by atoms with Gasteiger partial charge in [-0.25, -0.2) is 4.79 Å². The highest BCUT2D eigenvalue weighted by atomic mass is 16.5. The Bertz CT molecular complexity index is 659. The Morgan fingerprint density at radius 1 is 1.05 bits per heavy atom. The first-order valence-electron chi connectivity index (χ1n) is 7.44. The predicted molar refractivity (Wildman–Crippen MR) is 83.4 cm³/mol. The van der Waals surface area contributed by atoms with Crippen LogP contribution in [0, 0.1) is 12.8 Å². The van der Waals surface area contributed by atoms with E-state index in [4.69, 9.17) is 4.74 Å². The fraction of sp³-hybridized carbons (Fsp3) is 0.316. The molecule has 1 heterocycles. The molecule has 108 valence electrons. The summed E-state index contributed by atoms with van der Waals surface area (Å²) in [7, 11) is 0. The number of hydrogen-bond acceptors (Lipinski definition) is 2. The third-order valence-corrected chi connectivity index (χ3v) is 4.19. The minimum atomic E-state index is -0.209. The number of carbonyl (C=O) groups is 1. The van der Waals surface area contributed by atoms with E-state index in [2.05, 4.69) is 26.0 Å². The molecule has 0 N–H and O–H groups in total. The van der Waals surface area contributed by atoms with Gasteiger partial charge in [-0.1, -0.05) is 61.9 Å². The van der Waals surface area contributed by atoms with Crippen molar-refractivity contribution in [3.05, 3.63) is 70.8 Å². The van der Waals surface area contributed by atoms with E-state index < -0.39 is 0 Å². The van der Waals surface area contributed by atoms with Gasteiger partial charge in [0.1, 0.15) is 6.10 Å². The van der Waals surface area contributed by atoms with Gasteiger partial charge in [-0.3, -0.25) is 0 Å². The van der Waals surface area contributed by atoms with Crippen molar-refractivity contribution in [3.8, 4) is 0 Å². The number of ether oxygens (including phenoxy) is 1. The van der Waals surface area contributed by atoms with Crippen LogP contribution in [0.15, 0.2) is 48.5 Å². The van der Waals surface area contributed by atoms with Gasteiger partial charge in [0.15, 0.2) is 0 Å². The molecule has 2 atom stereocenters. The summed E-state index contributed by atoms with van der Waals surface area (Å²) < 4.78 is 5.79. The zero-order valence-corrected chi connectivity index (χ0v) is 12.7. The van der Waals surface area contributed by atoms with Gasteiger partial charge in [0.2, 0.25) is 0 Å². The molecule has 0 bridgehead atoms. The van der Waals surface area contributed by atoms with Crippen LogP contribution in [-0.2, 0) is 4.74 Å². The molecule has 2 heteroatoms. The second-order valence-corrected chi connectivity index (χ2v) is 6.10. The van der Waals surface area contributed by atoms with E-state index in [9.17, 15) is 4.79 Å². The standard InChI is InChI=1S/C19H20O2/c1-12(2)17-15-10-9-13(3)11-16(15)19(20)21-18(17)14-7-5-4-6-8-14/h4-12,17-18H,1-3H3/t17-,18+/m1/s1. The molecule has 0 saturated carbocycles. The van der Waals surface area contributed by atoms with Crippen LogP contribution in [0.25, 0.3) is 0 Å². The zero-order valence-electron chi connectivity index (χ0n) is 12.7. The zero-order chi connectivity index (χ0) is 15.0. The molecule has 2 nitrogen and oxygen atoms in total. The molecular weight excluding hydrogens is 260 g/mol. The van der Waals surface area contributed by atoms with Crippen molar-refractivity contribution in [2.45, 2.75) is 32.8 Å². The van der Waals surface area contributed by atoms with Crippen LogP contribution in [0.5, 0.6) is 0 Å². The first-order chi connectivity index (χ1) is 10.1. The van der Waals surface area contributed by atoms with Crippen LogP contribution in [0.4, 0.5) is 0 Å². The van der Waals surface area contributed by atoms with Crippen molar-refractivity contribution in [1.82, 2.24) is 0 Å². The Balaban J connectivity index is 2.12. The molecule has 0 unspecified atom stereocenters. The lowest BCUT2D eigenvalue weighted by Gasteiger charge is -2.36. The number of rotatable bonds is 2. The van der Waals surface area contributed by atoms with Crippen molar-refractivity contribution in [2.24, 2.45) is 5.92 Å². The van der Waals surface area contributed by atoms with Crippen LogP contribution in [0.3, 0.4) is 0 Å². The van der Waals surface area contributed by atoms with E-state index in [-0.39, 0.29) is 18.0 Å². The van der Waals surface area contributed by atoms with Crippen molar-refractivity contribution >= 4 is 5.97 Å². The molecular formula is C19H20O2. The third kappa shape index (κ3) is 2.46. The van der Waals surface area contributed by atoms with Gasteiger partial charge >= 0.3 is 5.97 Å². The summed E-state index contributed by atoms with van der Waals surface area (Å²) in [5, 5.41) is 0. The topological polar surface area (TPSA) is 26.3 Å². The number of esters is 1. The summed E-state index contributed by atoms with van der Waals surface area (Å²) in [6, 6.07) is 16.1. The smallest absolute Gasteiger partial charge is 0.339 e. The lowest BCUT2D eigenvalue weighted by Crippen LogP contribution is -2.29. The Labute approximate surface area is 125 Å². The highest BCUT2D eigenvalue weighted by Crippen LogP contribution is 2.44. The summed E-state index contributed by atoms with van der Waals surface area (Å²) in [5.41, 5.74) is 3.99.